The molecule has 1 atom stereocenters. The third-order valence-electron chi connectivity index (χ3n) is 2.52. The van der Waals surface area contributed by atoms with Gasteiger partial charge in [0.1, 0.15) is 6.04 Å². The van der Waals surface area contributed by atoms with Crippen LogP contribution < -0.4 is 5.32 Å². The van der Waals surface area contributed by atoms with Crippen LogP contribution in [0.2, 0.25) is 0 Å². The quantitative estimate of drug-likeness (QED) is 0.733. The van der Waals surface area contributed by atoms with Crippen LogP contribution in [-0.4, -0.2) is 28.8 Å². The van der Waals surface area contributed by atoms with Gasteiger partial charge in [-0.15, -0.1) is 11.8 Å². The molecule has 0 aliphatic heterocycles. The lowest BCUT2D eigenvalue weighted by Gasteiger charge is -2.16. The molecule has 0 saturated carbocycles. The molecule has 4 nitrogen and oxygen atoms in total. The molecule has 0 fully saturated rings. The normalized spacial score (nSPS) is 12.2. The van der Waals surface area contributed by atoms with E-state index in [1.54, 1.807) is 0 Å². The SMILES string of the molecule is CC(C)C[C@H](NC(=O)CSc1ccc(Br)cc1)C(=O)O. The third kappa shape index (κ3) is 6.43. The molecule has 0 aromatic heterocycles. The Hall–Kier alpha value is -1.01. The average Bonchev–Trinajstić information content (AvgIpc) is 2.36. The molecule has 2 N–H and O–H groups in total. The Kier molecular flexibility index (Phi) is 7.09. The van der Waals surface area contributed by atoms with Crippen LogP contribution in [0.1, 0.15) is 20.3 Å². The van der Waals surface area contributed by atoms with Crippen molar-refractivity contribution in [1.82, 2.24) is 5.32 Å². The van der Waals surface area contributed by atoms with Gasteiger partial charge < -0.3 is 10.4 Å². The highest BCUT2D eigenvalue weighted by Gasteiger charge is 2.20. The van der Waals surface area contributed by atoms with Crippen molar-refractivity contribution in [3.63, 3.8) is 0 Å². The highest BCUT2D eigenvalue weighted by atomic mass is 79.9. The second-order valence-electron chi connectivity index (χ2n) is 4.83. The van der Waals surface area contributed by atoms with E-state index in [0.717, 1.165) is 9.37 Å². The van der Waals surface area contributed by atoms with E-state index in [0.29, 0.717) is 6.42 Å². The predicted molar refractivity (Wildman–Crippen MR) is 83.9 cm³/mol. The second-order valence-corrected chi connectivity index (χ2v) is 6.79. The fourth-order valence-electron chi connectivity index (χ4n) is 1.61. The van der Waals surface area contributed by atoms with E-state index in [2.05, 4.69) is 21.2 Å². The molecule has 1 aromatic rings. The second kappa shape index (κ2) is 8.32. The maximum absolute atomic E-state index is 11.8. The van der Waals surface area contributed by atoms with Gasteiger partial charge in [0.15, 0.2) is 0 Å². The first kappa shape index (κ1) is 17.0. The summed E-state index contributed by atoms with van der Waals surface area (Å²) in [5.74, 6) is -0.814. The van der Waals surface area contributed by atoms with Crippen molar-refractivity contribution in [3.05, 3.63) is 28.7 Å². The van der Waals surface area contributed by atoms with Gasteiger partial charge in [0.2, 0.25) is 5.91 Å². The summed E-state index contributed by atoms with van der Waals surface area (Å²) in [4.78, 5) is 23.8. The lowest BCUT2D eigenvalue weighted by atomic mass is 10.0. The van der Waals surface area contributed by atoms with Crippen molar-refractivity contribution >= 4 is 39.6 Å². The zero-order chi connectivity index (χ0) is 15.1. The molecule has 6 heteroatoms. The molecule has 0 bridgehead atoms. The van der Waals surface area contributed by atoms with Crippen LogP contribution in [0.5, 0.6) is 0 Å². The van der Waals surface area contributed by atoms with Gasteiger partial charge in [0.05, 0.1) is 5.75 Å². The number of benzene rings is 1. The highest BCUT2D eigenvalue weighted by molar-refractivity contribution is 9.10. The van der Waals surface area contributed by atoms with Gasteiger partial charge in [-0.3, -0.25) is 4.79 Å². The Bertz CT molecular complexity index is 462. The number of halogens is 1. The van der Waals surface area contributed by atoms with Crippen LogP contribution in [0.25, 0.3) is 0 Å². The zero-order valence-electron chi connectivity index (χ0n) is 11.4. The summed E-state index contributed by atoms with van der Waals surface area (Å²) in [5, 5.41) is 11.6. The number of carbonyl (C=O) groups is 2. The van der Waals surface area contributed by atoms with Crippen molar-refractivity contribution in [3.8, 4) is 0 Å². The Morgan fingerprint density at radius 3 is 2.40 bits per heavy atom. The molecule has 0 radical (unpaired) electrons. The van der Waals surface area contributed by atoms with Crippen LogP contribution in [0.15, 0.2) is 33.6 Å². The third-order valence-corrected chi connectivity index (χ3v) is 4.06. The lowest BCUT2D eigenvalue weighted by Crippen LogP contribution is -2.42. The standard InChI is InChI=1S/C14H18BrNO3S/c1-9(2)7-12(14(18)19)16-13(17)8-20-11-5-3-10(15)4-6-11/h3-6,9,12H,7-8H2,1-2H3,(H,16,17)(H,18,19)/t12-/m0/s1. The van der Waals surface area contributed by atoms with Crippen LogP contribution in [-0.2, 0) is 9.59 Å². The van der Waals surface area contributed by atoms with E-state index in [4.69, 9.17) is 5.11 Å². The summed E-state index contributed by atoms with van der Waals surface area (Å²) < 4.78 is 0.981. The molecule has 1 amide bonds. The van der Waals surface area contributed by atoms with E-state index in [-0.39, 0.29) is 17.6 Å². The van der Waals surface area contributed by atoms with Gasteiger partial charge in [-0.2, -0.15) is 0 Å². The Labute approximate surface area is 131 Å². The van der Waals surface area contributed by atoms with Crippen molar-refractivity contribution in [1.29, 1.82) is 0 Å². The van der Waals surface area contributed by atoms with Gasteiger partial charge in [-0.25, -0.2) is 4.79 Å². The smallest absolute Gasteiger partial charge is 0.326 e. The van der Waals surface area contributed by atoms with Crippen molar-refractivity contribution in [2.24, 2.45) is 5.92 Å². The first-order chi connectivity index (χ1) is 9.38. The first-order valence-electron chi connectivity index (χ1n) is 6.29. The van der Waals surface area contributed by atoms with E-state index in [9.17, 15) is 9.59 Å². The van der Waals surface area contributed by atoms with E-state index < -0.39 is 12.0 Å². The molecule has 0 saturated heterocycles. The van der Waals surface area contributed by atoms with Gasteiger partial charge in [-0.05, 0) is 36.6 Å². The number of carbonyl (C=O) groups excluding carboxylic acids is 1. The molecule has 1 rings (SSSR count). The van der Waals surface area contributed by atoms with Crippen LogP contribution in [0, 0.1) is 5.92 Å². The number of hydrogen-bond donors (Lipinski definition) is 2. The maximum Gasteiger partial charge on any atom is 0.326 e. The van der Waals surface area contributed by atoms with Crippen LogP contribution in [0.4, 0.5) is 0 Å². The number of amides is 1. The summed E-state index contributed by atoms with van der Waals surface area (Å²) in [6.07, 6.45) is 0.435. The summed E-state index contributed by atoms with van der Waals surface area (Å²) in [6, 6.07) is 6.81. The van der Waals surface area contributed by atoms with E-state index in [1.807, 2.05) is 38.1 Å². The fraction of sp³-hybridized carbons (Fsp3) is 0.429. The minimum Gasteiger partial charge on any atom is -0.480 e. The Morgan fingerprint density at radius 1 is 1.30 bits per heavy atom. The van der Waals surface area contributed by atoms with Gasteiger partial charge in [0.25, 0.3) is 0 Å². The van der Waals surface area contributed by atoms with E-state index >= 15 is 0 Å². The number of rotatable bonds is 7. The number of nitrogens with one attached hydrogen (secondary N) is 1. The zero-order valence-corrected chi connectivity index (χ0v) is 13.8. The molecule has 0 spiro atoms. The van der Waals surface area contributed by atoms with Gasteiger partial charge in [0, 0.05) is 9.37 Å². The minimum atomic E-state index is -0.985. The molecule has 0 heterocycles. The summed E-state index contributed by atoms with van der Waals surface area (Å²) in [7, 11) is 0. The molecule has 110 valence electrons. The number of carboxylic acid groups (broad SMARTS) is 1. The van der Waals surface area contributed by atoms with Gasteiger partial charge >= 0.3 is 5.97 Å². The first-order valence-corrected chi connectivity index (χ1v) is 8.07. The molecule has 20 heavy (non-hydrogen) atoms. The number of carboxylic acids is 1. The molecule has 1 aromatic carbocycles. The molecular weight excluding hydrogens is 342 g/mol. The monoisotopic (exact) mass is 359 g/mol. The minimum absolute atomic E-state index is 0.212. The van der Waals surface area contributed by atoms with Crippen molar-refractivity contribution in [2.75, 3.05) is 5.75 Å². The van der Waals surface area contributed by atoms with Crippen LogP contribution in [0.3, 0.4) is 0 Å². The summed E-state index contributed by atoms with van der Waals surface area (Å²) in [6.45, 7) is 3.86. The fourth-order valence-corrected chi connectivity index (χ4v) is 2.58. The van der Waals surface area contributed by atoms with Crippen molar-refractivity contribution < 1.29 is 14.7 Å². The maximum atomic E-state index is 11.8. The number of thioether (sulfide) groups is 1. The largest absolute Gasteiger partial charge is 0.480 e. The Morgan fingerprint density at radius 2 is 1.90 bits per heavy atom. The van der Waals surface area contributed by atoms with Crippen LogP contribution >= 0.6 is 27.7 Å². The van der Waals surface area contributed by atoms with E-state index in [1.165, 1.54) is 11.8 Å². The lowest BCUT2D eigenvalue weighted by molar-refractivity contribution is -0.141. The molecule has 0 aliphatic rings. The summed E-state index contributed by atoms with van der Waals surface area (Å²) >= 11 is 4.73. The van der Waals surface area contributed by atoms with Gasteiger partial charge in [-0.1, -0.05) is 29.8 Å². The average molecular weight is 360 g/mol. The number of aliphatic carboxylic acids is 1. The molecule has 0 unspecified atom stereocenters. The molecule has 0 aliphatic carbocycles. The van der Waals surface area contributed by atoms with Crippen molar-refractivity contribution in [2.45, 2.75) is 31.2 Å². The topological polar surface area (TPSA) is 66.4 Å². The number of hydrogen-bond acceptors (Lipinski definition) is 3. The predicted octanol–water partition coefficient (Wildman–Crippen LogP) is 3.16. The molecular formula is C14H18BrNO3S. The Balaban J connectivity index is 2.45. The summed E-state index contributed by atoms with van der Waals surface area (Å²) in [5.41, 5.74) is 0. The highest BCUT2D eigenvalue weighted by Crippen LogP contribution is 2.20.